The number of benzene rings is 2. The van der Waals surface area contributed by atoms with E-state index in [-0.39, 0.29) is 6.04 Å². The fraction of sp³-hybridized carbons (Fsp3) is 0.368. The maximum atomic E-state index is 12.6. The number of nitrogens with zero attached hydrogens (tertiary/aromatic N) is 1. The highest BCUT2D eigenvalue weighted by Gasteiger charge is 2.34. The Labute approximate surface area is 143 Å². The number of hydrogen-bond acceptors (Lipinski definition) is 3. The summed E-state index contributed by atoms with van der Waals surface area (Å²) in [6.45, 7) is 2.01. The Morgan fingerprint density at radius 2 is 1.71 bits per heavy atom. The zero-order valence-electron chi connectivity index (χ0n) is 13.6. The standard InChI is InChI=1S/C19H22N2O2S/c22-24(23,17-7-2-1-3-8-17)20-16-11-13-21-12-10-15-6-4-5-9-18(15)19(21)14-16/h1-9,16,19-20H,10-14H2/t16-,19+/m1/s1. The summed E-state index contributed by atoms with van der Waals surface area (Å²) in [5.74, 6) is 0. The summed E-state index contributed by atoms with van der Waals surface area (Å²) >= 11 is 0. The first-order valence-corrected chi connectivity index (χ1v) is 10.0. The average molecular weight is 342 g/mol. The van der Waals surface area contributed by atoms with Crippen LogP contribution in [0, 0.1) is 0 Å². The monoisotopic (exact) mass is 342 g/mol. The molecule has 2 heterocycles. The molecule has 0 saturated carbocycles. The van der Waals surface area contributed by atoms with Gasteiger partial charge in [-0.25, -0.2) is 13.1 Å². The Bertz CT molecular complexity index is 820. The maximum absolute atomic E-state index is 12.6. The zero-order chi connectivity index (χ0) is 16.6. The highest BCUT2D eigenvalue weighted by molar-refractivity contribution is 7.89. The quantitative estimate of drug-likeness (QED) is 0.933. The van der Waals surface area contributed by atoms with Crippen molar-refractivity contribution in [3.05, 3.63) is 65.7 Å². The fourth-order valence-corrected chi connectivity index (χ4v) is 5.25. The molecule has 2 aromatic rings. The number of sulfonamides is 1. The smallest absolute Gasteiger partial charge is 0.240 e. The molecule has 2 aromatic carbocycles. The van der Waals surface area contributed by atoms with Gasteiger partial charge in [-0.2, -0.15) is 0 Å². The van der Waals surface area contributed by atoms with Gasteiger partial charge in [0, 0.05) is 25.2 Å². The van der Waals surface area contributed by atoms with Crippen LogP contribution >= 0.6 is 0 Å². The normalized spacial score (nSPS) is 24.2. The van der Waals surface area contributed by atoms with Crippen molar-refractivity contribution < 1.29 is 8.42 Å². The number of hydrogen-bond donors (Lipinski definition) is 1. The fourth-order valence-electron chi connectivity index (χ4n) is 3.95. The Morgan fingerprint density at radius 3 is 2.54 bits per heavy atom. The second-order valence-electron chi connectivity index (χ2n) is 6.66. The average Bonchev–Trinajstić information content (AvgIpc) is 2.62. The van der Waals surface area contributed by atoms with E-state index in [0.29, 0.717) is 10.9 Å². The van der Waals surface area contributed by atoms with Gasteiger partial charge in [0.2, 0.25) is 10.0 Å². The van der Waals surface area contributed by atoms with Crippen LogP contribution in [0.15, 0.2) is 59.5 Å². The van der Waals surface area contributed by atoms with Gasteiger partial charge in [-0.05, 0) is 42.5 Å². The lowest BCUT2D eigenvalue weighted by Crippen LogP contribution is -2.48. The van der Waals surface area contributed by atoms with Crippen molar-refractivity contribution in [3.8, 4) is 0 Å². The summed E-state index contributed by atoms with van der Waals surface area (Å²) in [5.41, 5.74) is 2.78. The van der Waals surface area contributed by atoms with Crippen LogP contribution in [0.25, 0.3) is 0 Å². The molecule has 0 unspecified atom stereocenters. The molecule has 4 rings (SSSR count). The SMILES string of the molecule is O=S(=O)(N[C@@H]1CCN2CCc3ccccc3[C@@H]2C1)c1ccccc1. The van der Waals surface area contributed by atoms with E-state index >= 15 is 0 Å². The van der Waals surface area contributed by atoms with Crippen LogP contribution in [0.2, 0.25) is 0 Å². The number of piperidine rings is 1. The Morgan fingerprint density at radius 1 is 0.958 bits per heavy atom. The Balaban J connectivity index is 1.54. The van der Waals surface area contributed by atoms with E-state index in [2.05, 4.69) is 33.9 Å². The van der Waals surface area contributed by atoms with Crippen molar-refractivity contribution >= 4 is 10.0 Å². The van der Waals surface area contributed by atoms with E-state index in [9.17, 15) is 8.42 Å². The van der Waals surface area contributed by atoms with Crippen LogP contribution in [0.5, 0.6) is 0 Å². The summed E-state index contributed by atoms with van der Waals surface area (Å²) in [4.78, 5) is 2.84. The Hall–Kier alpha value is -1.69. The van der Waals surface area contributed by atoms with Gasteiger partial charge in [0.1, 0.15) is 0 Å². The van der Waals surface area contributed by atoms with Crippen molar-refractivity contribution in [2.75, 3.05) is 13.1 Å². The van der Waals surface area contributed by atoms with Gasteiger partial charge in [-0.15, -0.1) is 0 Å². The van der Waals surface area contributed by atoms with Crippen molar-refractivity contribution in [2.45, 2.75) is 36.2 Å². The van der Waals surface area contributed by atoms with Crippen molar-refractivity contribution in [3.63, 3.8) is 0 Å². The number of nitrogens with one attached hydrogen (secondary N) is 1. The maximum Gasteiger partial charge on any atom is 0.240 e. The molecule has 0 spiro atoms. The third-order valence-electron chi connectivity index (χ3n) is 5.17. The third kappa shape index (κ3) is 2.99. The van der Waals surface area contributed by atoms with Crippen molar-refractivity contribution in [1.82, 2.24) is 9.62 Å². The van der Waals surface area contributed by atoms with Gasteiger partial charge >= 0.3 is 0 Å². The molecule has 24 heavy (non-hydrogen) atoms. The van der Waals surface area contributed by atoms with E-state index in [1.54, 1.807) is 24.3 Å². The van der Waals surface area contributed by atoms with Crippen LogP contribution < -0.4 is 4.72 Å². The minimum absolute atomic E-state index is 0.0115. The predicted molar refractivity (Wildman–Crippen MR) is 94.2 cm³/mol. The molecule has 0 aromatic heterocycles. The molecule has 5 heteroatoms. The molecule has 0 amide bonds. The first kappa shape index (κ1) is 15.8. The molecule has 2 aliphatic rings. The van der Waals surface area contributed by atoms with Crippen LogP contribution in [0.4, 0.5) is 0 Å². The van der Waals surface area contributed by atoms with Gasteiger partial charge in [-0.3, -0.25) is 4.90 Å². The highest BCUT2D eigenvalue weighted by Crippen LogP contribution is 2.36. The lowest BCUT2D eigenvalue weighted by molar-refractivity contribution is 0.122. The second-order valence-corrected chi connectivity index (χ2v) is 8.37. The second kappa shape index (κ2) is 6.31. The minimum Gasteiger partial charge on any atom is -0.296 e. The topological polar surface area (TPSA) is 49.4 Å². The predicted octanol–water partition coefficient (Wildman–Crippen LogP) is 2.73. The molecule has 2 aliphatic heterocycles. The van der Waals surface area contributed by atoms with Crippen LogP contribution in [0.1, 0.15) is 30.0 Å². The van der Waals surface area contributed by atoms with Crippen LogP contribution in [-0.4, -0.2) is 32.4 Å². The number of rotatable bonds is 3. The molecule has 2 atom stereocenters. The van der Waals surface area contributed by atoms with E-state index in [1.165, 1.54) is 11.1 Å². The summed E-state index contributed by atoms with van der Waals surface area (Å²) in [6, 6.07) is 17.5. The molecular weight excluding hydrogens is 320 g/mol. The molecular formula is C19H22N2O2S. The van der Waals surface area contributed by atoms with Crippen LogP contribution in [0.3, 0.4) is 0 Å². The van der Waals surface area contributed by atoms with Gasteiger partial charge < -0.3 is 0 Å². The third-order valence-corrected chi connectivity index (χ3v) is 6.71. The van der Waals surface area contributed by atoms with E-state index < -0.39 is 10.0 Å². The number of fused-ring (bicyclic) bond motifs is 3. The van der Waals surface area contributed by atoms with Gasteiger partial charge in [0.05, 0.1) is 4.90 Å². The first-order valence-electron chi connectivity index (χ1n) is 8.53. The van der Waals surface area contributed by atoms with Crippen molar-refractivity contribution in [2.24, 2.45) is 0 Å². The largest absolute Gasteiger partial charge is 0.296 e. The minimum atomic E-state index is -3.44. The van der Waals surface area contributed by atoms with Gasteiger partial charge in [0.25, 0.3) is 0 Å². The van der Waals surface area contributed by atoms with E-state index in [0.717, 1.165) is 32.4 Å². The summed E-state index contributed by atoms with van der Waals surface area (Å²) < 4.78 is 28.1. The summed E-state index contributed by atoms with van der Waals surface area (Å²) in [7, 11) is -3.44. The summed E-state index contributed by atoms with van der Waals surface area (Å²) in [5, 5.41) is 0. The van der Waals surface area contributed by atoms with E-state index in [1.807, 2.05) is 6.07 Å². The lowest BCUT2D eigenvalue weighted by Gasteiger charge is -2.43. The molecule has 1 N–H and O–H groups in total. The van der Waals surface area contributed by atoms with Gasteiger partial charge in [-0.1, -0.05) is 42.5 Å². The molecule has 0 aliphatic carbocycles. The van der Waals surface area contributed by atoms with E-state index in [4.69, 9.17) is 0 Å². The zero-order valence-corrected chi connectivity index (χ0v) is 14.4. The molecule has 4 nitrogen and oxygen atoms in total. The van der Waals surface area contributed by atoms with Crippen molar-refractivity contribution in [1.29, 1.82) is 0 Å². The van der Waals surface area contributed by atoms with Crippen LogP contribution in [-0.2, 0) is 16.4 Å². The molecule has 1 saturated heterocycles. The molecule has 1 fully saturated rings. The Kier molecular flexibility index (Phi) is 4.16. The molecule has 0 radical (unpaired) electrons. The first-order chi connectivity index (χ1) is 11.6. The lowest BCUT2D eigenvalue weighted by atomic mass is 9.85. The van der Waals surface area contributed by atoms with Gasteiger partial charge in [0.15, 0.2) is 0 Å². The summed E-state index contributed by atoms with van der Waals surface area (Å²) in [6.07, 6.45) is 2.79. The molecule has 0 bridgehead atoms. The molecule has 126 valence electrons. The highest BCUT2D eigenvalue weighted by atomic mass is 32.2.